The fraction of sp³-hybridized carbons (Fsp3) is 0.375. The molecule has 1 aliphatic heterocycles. The van der Waals surface area contributed by atoms with E-state index in [1.54, 1.807) is 12.3 Å². The maximum atomic E-state index is 5.81. The van der Waals surface area contributed by atoms with Crippen LogP contribution in [0.15, 0.2) is 16.6 Å². The average Bonchev–Trinajstić information content (AvgIpc) is 2.04. The molecule has 0 N–H and O–H groups in total. The van der Waals surface area contributed by atoms with E-state index in [1.807, 2.05) is 0 Å². The molecule has 1 fully saturated rings. The second-order valence-corrected chi connectivity index (χ2v) is 5.47. The van der Waals surface area contributed by atoms with Gasteiger partial charge in [0, 0.05) is 11.5 Å². The van der Waals surface area contributed by atoms with E-state index in [2.05, 4.69) is 9.35 Å². The van der Waals surface area contributed by atoms with E-state index in [0.29, 0.717) is 10.2 Å². The van der Waals surface area contributed by atoms with E-state index in [1.165, 1.54) is 17.9 Å². The zero-order valence-corrected chi connectivity index (χ0v) is 9.16. The Bertz CT molecular complexity index is 359. The number of hydrogen-bond acceptors (Lipinski definition) is 2. The molecule has 0 aromatic carbocycles. The fourth-order valence-corrected chi connectivity index (χ4v) is 2.37. The van der Waals surface area contributed by atoms with Gasteiger partial charge < -0.3 is 0 Å². The Morgan fingerprint density at radius 3 is 2.69 bits per heavy atom. The van der Waals surface area contributed by atoms with Crippen LogP contribution in [-0.4, -0.2) is 16.5 Å². The molecule has 2 nitrogen and oxygen atoms in total. The predicted octanol–water partition coefficient (Wildman–Crippen LogP) is 3.23. The molecule has 5 heteroatoms. The van der Waals surface area contributed by atoms with Gasteiger partial charge in [0.1, 0.15) is 5.15 Å². The molecule has 1 aliphatic rings. The van der Waals surface area contributed by atoms with Crippen LogP contribution in [0.5, 0.6) is 0 Å². The van der Waals surface area contributed by atoms with E-state index >= 15 is 0 Å². The maximum absolute atomic E-state index is 5.81. The van der Waals surface area contributed by atoms with Gasteiger partial charge in [0.05, 0.1) is 16.9 Å². The molecular weight excluding hydrogens is 227 g/mol. The van der Waals surface area contributed by atoms with Crippen molar-refractivity contribution < 1.29 is 0 Å². The minimum atomic E-state index is 0.221. The minimum Gasteiger partial charge on any atom is -0.241 e. The van der Waals surface area contributed by atoms with Crippen molar-refractivity contribution in [3.8, 4) is 0 Å². The molecule has 1 aromatic heterocycles. The highest BCUT2D eigenvalue weighted by Crippen LogP contribution is 2.25. The number of hydrogen-bond donors (Lipinski definition) is 0. The summed E-state index contributed by atoms with van der Waals surface area (Å²) in [5, 5.41) is 0.824. The topological polar surface area (TPSA) is 25.2 Å². The summed E-state index contributed by atoms with van der Waals surface area (Å²) < 4.78 is 4.49. The van der Waals surface area contributed by atoms with Gasteiger partial charge in [-0.15, -0.1) is 0 Å². The third kappa shape index (κ3) is 2.22. The third-order valence-corrected chi connectivity index (χ3v) is 4.45. The zero-order chi connectivity index (χ0) is 9.26. The molecule has 0 radical (unpaired) electrons. The monoisotopic (exact) mass is 234 g/mol. The minimum absolute atomic E-state index is 0.221. The van der Waals surface area contributed by atoms with Crippen molar-refractivity contribution in [2.45, 2.75) is 6.42 Å². The van der Waals surface area contributed by atoms with Crippen LogP contribution in [0, 0.1) is 0 Å². The van der Waals surface area contributed by atoms with Crippen molar-refractivity contribution in [1.29, 1.82) is 0 Å². The summed E-state index contributed by atoms with van der Waals surface area (Å²) in [5.74, 6) is 2.42. The largest absolute Gasteiger partial charge is 0.241 e. The quantitative estimate of drug-likeness (QED) is 0.686. The highest BCUT2D eigenvalue weighted by Gasteiger charge is 2.08. The number of pyridine rings is 1. The lowest BCUT2D eigenvalue weighted by molar-refractivity contribution is 1.04. The van der Waals surface area contributed by atoms with Crippen molar-refractivity contribution in [2.24, 2.45) is 4.36 Å². The van der Waals surface area contributed by atoms with Crippen molar-refractivity contribution in [1.82, 2.24) is 4.98 Å². The van der Waals surface area contributed by atoms with Gasteiger partial charge >= 0.3 is 0 Å². The molecule has 1 aromatic rings. The number of aromatic nitrogens is 1. The van der Waals surface area contributed by atoms with Gasteiger partial charge in [-0.05, 0) is 12.5 Å². The highest BCUT2D eigenvalue weighted by atomic mass is 35.5. The number of halogens is 2. The second-order valence-electron chi connectivity index (χ2n) is 2.78. The SMILES string of the molecule is Clc1cc(N=S2CCC2)cnc1Cl. The van der Waals surface area contributed by atoms with Gasteiger partial charge in [-0.1, -0.05) is 33.9 Å². The van der Waals surface area contributed by atoms with Gasteiger partial charge in [0.15, 0.2) is 0 Å². The van der Waals surface area contributed by atoms with Crippen LogP contribution in [-0.2, 0) is 10.7 Å². The molecule has 0 unspecified atom stereocenters. The average molecular weight is 235 g/mol. The van der Waals surface area contributed by atoms with E-state index in [0.717, 1.165) is 5.69 Å². The smallest absolute Gasteiger partial charge is 0.147 e. The molecule has 0 saturated carbocycles. The highest BCUT2D eigenvalue weighted by molar-refractivity contribution is 7.88. The molecule has 2 heterocycles. The van der Waals surface area contributed by atoms with E-state index < -0.39 is 0 Å². The van der Waals surface area contributed by atoms with Crippen LogP contribution in [0.2, 0.25) is 10.2 Å². The Morgan fingerprint density at radius 1 is 1.38 bits per heavy atom. The lowest BCUT2D eigenvalue weighted by Gasteiger charge is -2.15. The lowest BCUT2D eigenvalue weighted by Crippen LogP contribution is -2.15. The van der Waals surface area contributed by atoms with Crippen molar-refractivity contribution in [3.05, 3.63) is 22.4 Å². The second kappa shape index (κ2) is 3.95. The summed E-state index contributed by atoms with van der Waals surface area (Å²) in [4.78, 5) is 3.93. The van der Waals surface area contributed by atoms with Crippen molar-refractivity contribution in [3.63, 3.8) is 0 Å². The molecule has 13 heavy (non-hydrogen) atoms. The maximum Gasteiger partial charge on any atom is 0.147 e. The van der Waals surface area contributed by atoms with E-state index in [9.17, 15) is 0 Å². The summed E-state index contributed by atoms with van der Waals surface area (Å²) in [6.07, 6.45) is 2.96. The first-order valence-electron chi connectivity index (χ1n) is 3.96. The van der Waals surface area contributed by atoms with Gasteiger partial charge in [-0.25, -0.2) is 9.35 Å². The van der Waals surface area contributed by atoms with Crippen LogP contribution in [0.3, 0.4) is 0 Å². The summed E-state index contributed by atoms with van der Waals surface area (Å²) in [6, 6.07) is 1.77. The van der Waals surface area contributed by atoms with Crippen LogP contribution >= 0.6 is 23.2 Å². The molecule has 2 rings (SSSR count). The number of rotatable bonds is 1. The molecule has 1 saturated heterocycles. The standard InChI is InChI=1S/C8H8Cl2N2S/c9-7-4-6(5-11-8(7)10)12-13-2-1-3-13/h4-5H,1-3H2. The van der Waals surface area contributed by atoms with Gasteiger partial charge in [0.2, 0.25) is 0 Å². The van der Waals surface area contributed by atoms with Crippen LogP contribution in [0.25, 0.3) is 0 Å². The lowest BCUT2D eigenvalue weighted by atomic mass is 10.4. The van der Waals surface area contributed by atoms with Gasteiger partial charge in [-0.2, -0.15) is 0 Å². The first-order valence-corrected chi connectivity index (χ1v) is 6.24. The molecule has 0 amide bonds. The Labute approximate surface area is 89.4 Å². The number of nitrogens with zero attached hydrogens (tertiary/aromatic N) is 2. The third-order valence-electron chi connectivity index (χ3n) is 1.78. The van der Waals surface area contributed by atoms with Crippen LogP contribution in [0.1, 0.15) is 6.42 Å². The van der Waals surface area contributed by atoms with Gasteiger partial charge in [-0.3, -0.25) is 0 Å². The van der Waals surface area contributed by atoms with E-state index in [4.69, 9.17) is 23.2 Å². The molecule has 0 aliphatic carbocycles. The normalized spacial score (nSPS) is 16.8. The fourth-order valence-electron chi connectivity index (χ4n) is 0.975. The first kappa shape index (κ1) is 9.44. The summed E-state index contributed by atoms with van der Waals surface area (Å²) in [7, 11) is 0.221. The van der Waals surface area contributed by atoms with Gasteiger partial charge in [0.25, 0.3) is 0 Å². The summed E-state index contributed by atoms with van der Waals surface area (Å²) in [6.45, 7) is 0. The first-order chi connectivity index (χ1) is 6.25. The predicted molar refractivity (Wildman–Crippen MR) is 58.1 cm³/mol. The zero-order valence-electron chi connectivity index (χ0n) is 6.83. The molecular formula is C8H8Cl2N2S. The van der Waals surface area contributed by atoms with Crippen molar-refractivity contribution in [2.75, 3.05) is 11.5 Å². The Morgan fingerprint density at radius 2 is 2.15 bits per heavy atom. The summed E-state index contributed by atoms with van der Waals surface area (Å²) in [5.41, 5.74) is 0.845. The van der Waals surface area contributed by atoms with Crippen molar-refractivity contribution >= 4 is 39.6 Å². The molecule has 70 valence electrons. The molecule has 0 spiro atoms. The Kier molecular flexibility index (Phi) is 2.86. The van der Waals surface area contributed by atoms with E-state index in [-0.39, 0.29) is 10.7 Å². The van der Waals surface area contributed by atoms with Crippen LogP contribution in [0.4, 0.5) is 5.69 Å². The molecule has 0 bridgehead atoms. The van der Waals surface area contributed by atoms with Crippen LogP contribution < -0.4 is 0 Å². The Hall–Kier alpha value is -0.120. The summed E-state index contributed by atoms with van der Waals surface area (Å²) >= 11 is 11.5. The Balaban J connectivity index is 2.26. The molecule has 0 atom stereocenters.